The minimum absolute atomic E-state index is 0.194. The highest BCUT2D eigenvalue weighted by molar-refractivity contribution is 8.01. The normalized spacial score (nSPS) is 19.5. The Morgan fingerprint density at radius 2 is 2.00 bits per heavy atom. The molecule has 6 heteroatoms. The van der Waals surface area contributed by atoms with Crippen LogP contribution in [0.5, 0.6) is 0 Å². The summed E-state index contributed by atoms with van der Waals surface area (Å²) in [5.41, 5.74) is 2.10. The summed E-state index contributed by atoms with van der Waals surface area (Å²) in [6.07, 6.45) is 3.25. The van der Waals surface area contributed by atoms with Crippen LogP contribution in [0.1, 0.15) is 29.7 Å². The highest BCUT2D eigenvalue weighted by atomic mass is 32.2. The molecule has 1 aromatic heterocycles. The van der Waals surface area contributed by atoms with E-state index in [1.807, 2.05) is 18.4 Å². The molecular weight excluding hydrogens is 366 g/mol. The number of carbonyl (C=O) groups excluding carboxylic acids is 1. The highest BCUT2D eigenvalue weighted by Crippen LogP contribution is 2.43. The zero-order chi connectivity index (χ0) is 18.1. The molecule has 0 N–H and O–H groups in total. The van der Waals surface area contributed by atoms with Crippen molar-refractivity contribution in [2.45, 2.75) is 40.4 Å². The van der Waals surface area contributed by atoms with E-state index in [2.05, 4.69) is 30.3 Å². The van der Waals surface area contributed by atoms with Crippen molar-refractivity contribution in [2.24, 2.45) is 0 Å². The van der Waals surface area contributed by atoms with E-state index in [0.717, 1.165) is 38.2 Å². The van der Waals surface area contributed by atoms with E-state index in [0.29, 0.717) is 6.42 Å². The SMILES string of the molecule is COC1(c2ccc(Sc3ccc4c(c3)CCC(=O)N4C)s2)CCOCC1. The summed E-state index contributed by atoms with van der Waals surface area (Å²) in [5.74, 6) is 0.196. The first kappa shape index (κ1) is 18.0. The first-order chi connectivity index (χ1) is 12.6. The van der Waals surface area contributed by atoms with E-state index < -0.39 is 0 Å². The summed E-state index contributed by atoms with van der Waals surface area (Å²) in [5, 5.41) is 0. The smallest absolute Gasteiger partial charge is 0.227 e. The van der Waals surface area contributed by atoms with Gasteiger partial charge in [0.1, 0.15) is 5.60 Å². The lowest BCUT2D eigenvalue weighted by atomic mass is 9.92. The first-order valence-corrected chi connectivity index (χ1v) is 10.6. The number of hydrogen-bond acceptors (Lipinski definition) is 5. The van der Waals surface area contributed by atoms with Crippen LogP contribution in [0.25, 0.3) is 0 Å². The number of anilines is 1. The molecule has 0 bridgehead atoms. The molecule has 26 heavy (non-hydrogen) atoms. The molecule has 0 radical (unpaired) electrons. The molecule has 138 valence electrons. The average Bonchev–Trinajstić information content (AvgIpc) is 3.14. The van der Waals surface area contributed by atoms with Gasteiger partial charge in [0.15, 0.2) is 0 Å². The largest absolute Gasteiger partial charge is 0.381 e. The van der Waals surface area contributed by atoms with Gasteiger partial charge >= 0.3 is 0 Å². The fourth-order valence-corrected chi connectivity index (χ4v) is 6.08. The quantitative estimate of drug-likeness (QED) is 0.774. The molecule has 2 aliphatic rings. The number of nitrogens with zero attached hydrogens (tertiary/aromatic N) is 1. The number of carbonyl (C=O) groups is 1. The molecule has 0 aliphatic carbocycles. The number of methoxy groups -OCH3 is 1. The van der Waals surface area contributed by atoms with Gasteiger partial charge in [-0.3, -0.25) is 4.79 Å². The Balaban J connectivity index is 1.54. The van der Waals surface area contributed by atoms with E-state index in [-0.39, 0.29) is 11.5 Å². The lowest BCUT2D eigenvalue weighted by Gasteiger charge is -2.35. The standard InChI is InChI=1S/C20H23NO3S2/c1-21-16-5-4-15(13-14(16)3-7-18(21)22)25-19-8-6-17(26-19)20(23-2)9-11-24-12-10-20/h4-6,8,13H,3,7,9-12H2,1-2H3. The van der Waals surface area contributed by atoms with Crippen molar-refractivity contribution in [3.05, 3.63) is 40.8 Å². The van der Waals surface area contributed by atoms with Crippen LogP contribution >= 0.6 is 23.1 Å². The van der Waals surface area contributed by atoms with Gasteiger partial charge in [0, 0.05) is 62.1 Å². The molecule has 0 saturated carbocycles. The molecule has 2 aromatic rings. The van der Waals surface area contributed by atoms with Crippen LogP contribution in [0.15, 0.2) is 39.4 Å². The third kappa shape index (κ3) is 3.31. The van der Waals surface area contributed by atoms with Crippen molar-refractivity contribution in [3.63, 3.8) is 0 Å². The number of rotatable bonds is 4. The summed E-state index contributed by atoms with van der Waals surface area (Å²) in [4.78, 5) is 16.1. The van der Waals surface area contributed by atoms with E-state index in [9.17, 15) is 4.79 Å². The molecule has 1 amide bonds. The third-order valence-electron chi connectivity index (χ3n) is 5.33. The van der Waals surface area contributed by atoms with Crippen LogP contribution in [0.4, 0.5) is 5.69 Å². The van der Waals surface area contributed by atoms with E-state index >= 15 is 0 Å². The highest BCUT2D eigenvalue weighted by Gasteiger charge is 2.35. The van der Waals surface area contributed by atoms with Gasteiger partial charge in [-0.2, -0.15) is 0 Å². The molecule has 0 unspecified atom stereocenters. The fourth-order valence-electron chi connectivity index (χ4n) is 3.68. The summed E-state index contributed by atoms with van der Waals surface area (Å²) in [6, 6.07) is 10.8. The molecule has 4 nitrogen and oxygen atoms in total. The van der Waals surface area contributed by atoms with E-state index in [4.69, 9.17) is 9.47 Å². The van der Waals surface area contributed by atoms with Crippen LogP contribution < -0.4 is 4.90 Å². The Morgan fingerprint density at radius 1 is 1.19 bits per heavy atom. The number of fused-ring (bicyclic) bond motifs is 1. The molecule has 2 aliphatic heterocycles. The van der Waals surface area contributed by atoms with Crippen molar-refractivity contribution < 1.29 is 14.3 Å². The van der Waals surface area contributed by atoms with Crippen molar-refractivity contribution in [1.82, 2.24) is 0 Å². The molecule has 3 heterocycles. The molecule has 0 atom stereocenters. The number of thiophene rings is 1. The Kier molecular flexibility index (Phi) is 5.10. The molecule has 1 aromatic carbocycles. The molecular formula is C20H23NO3S2. The Bertz CT molecular complexity index is 811. The second kappa shape index (κ2) is 7.35. The Labute approximate surface area is 162 Å². The zero-order valence-electron chi connectivity index (χ0n) is 15.1. The van der Waals surface area contributed by atoms with Crippen molar-refractivity contribution in [1.29, 1.82) is 0 Å². The van der Waals surface area contributed by atoms with Crippen LogP contribution in [-0.4, -0.2) is 33.3 Å². The maximum absolute atomic E-state index is 11.8. The number of amides is 1. The molecule has 4 rings (SSSR count). The van der Waals surface area contributed by atoms with Crippen LogP contribution in [0.2, 0.25) is 0 Å². The summed E-state index contributed by atoms with van der Waals surface area (Å²) in [7, 11) is 3.66. The monoisotopic (exact) mass is 389 g/mol. The molecule has 1 fully saturated rings. The van der Waals surface area contributed by atoms with E-state index in [1.165, 1.54) is 19.5 Å². The maximum atomic E-state index is 11.8. The lowest BCUT2D eigenvalue weighted by molar-refractivity contribution is -0.118. The van der Waals surface area contributed by atoms with Gasteiger partial charge in [-0.15, -0.1) is 11.3 Å². The fraction of sp³-hybridized carbons (Fsp3) is 0.450. The van der Waals surface area contributed by atoms with Gasteiger partial charge < -0.3 is 14.4 Å². The van der Waals surface area contributed by atoms with Gasteiger partial charge in [-0.05, 0) is 42.3 Å². The van der Waals surface area contributed by atoms with Crippen molar-refractivity contribution in [3.8, 4) is 0 Å². The summed E-state index contributed by atoms with van der Waals surface area (Å²) >= 11 is 3.60. The number of hydrogen-bond donors (Lipinski definition) is 0. The van der Waals surface area contributed by atoms with Crippen molar-refractivity contribution in [2.75, 3.05) is 32.3 Å². The van der Waals surface area contributed by atoms with Crippen LogP contribution in [0.3, 0.4) is 0 Å². The van der Waals surface area contributed by atoms with Gasteiger partial charge in [-0.1, -0.05) is 11.8 Å². The van der Waals surface area contributed by atoms with Gasteiger partial charge in [-0.25, -0.2) is 0 Å². The van der Waals surface area contributed by atoms with Gasteiger partial charge in [0.25, 0.3) is 0 Å². The second-order valence-corrected chi connectivity index (χ2v) is 9.23. The maximum Gasteiger partial charge on any atom is 0.227 e. The summed E-state index contributed by atoms with van der Waals surface area (Å²) in [6.45, 7) is 1.51. The van der Waals surface area contributed by atoms with Crippen LogP contribution in [-0.2, 0) is 26.3 Å². The molecule has 1 saturated heterocycles. The number of ether oxygens (including phenoxy) is 2. The zero-order valence-corrected chi connectivity index (χ0v) is 16.8. The van der Waals surface area contributed by atoms with Crippen LogP contribution in [0, 0.1) is 0 Å². The molecule has 0 spiro atoms. The third-order valence-corrected chi connectivity index (χ3v) is 7.73. The lowest BCUT2D eigenvalue weighted by Crippen LogP contribution is -2.34. The Morgan fingerprint density at radius 3 is 2.77 bits per heavy atom. The second-order valence-electron chi connectivity index (χ2n) is 6.77. The topological polar surface area (TPSA) is 38.8 Å². The predicted molar refractivity (Wildman–Crippen MR) is 105 cm³/mol. The predicted octanol–water partition coefficient (Wildman–Crippen LogP) is 4.46. The minimum atomic E-state index is -0.194. The van der Waals surface area contributed by atoms with E-state index in [1.54, 1.807) is 23.8 Å². The number of aryl methyl sites for hydroxylation is 1. The Hall–Kier alpha value is -1.34. The minimum Gasteiger partial charge on any atom is -0.381 e. The first-order valence-electron chi connectivity index (χ1n) is 8.92. The number of benzene rings is 1. The van der Waals surface area contributed by atoms with Crippen molar-refractivity contribution >= 4 is 34.7 Å². The van der Waals surface area contributed by atoms with Gasteiger partial charge in [0.05, 0.1) is 4.21 Å². The summed E-state index contributed by atoms with van der Waals surface area (Å²) < 4.78 is 12.7. The average molecular weight is 390 g/mol. The van der Waals surface area contributed by atoms with Gasteiger partial charge in [0.2, 0.25) is 5.91 Å².